The Labute approximate surface area is 185 Å². The minimum Gasteiger partial charge on any atom is -0.497 e. The second-order valence-corrected chi connectivity index (χ2v) is 7.58. The highest BCUT2D eigenvalue weighted by atomic mass is 35.5. The number of rotatable bonds is 8. The summed E-state index contributed by atoms with van der Waals surface area (Å²) < 4.78 is 18.5. The average Bonchev–Trinajstić information content (AvgIpc) is 3.45. The van der Waals surface area contributed by atoms with Gasteiger partial charge in [0.05, 0.1) is 32.3 Å². The predicted molar refractivity (Wildman–Crippen MR) is 116 cm³/mol. The first-order chi connectivity index (χ1) is 15.1. The van der Waals surface area contributed by atoms with E-state index in [1.807, 2.05) is 30.3 Å². The van der Waals surface area contributed by atoms with E-state index >= 15 is 0 Å². The number of amides is 1. The molecule has 3 aromatic rings. The summed E-state index contributed by atoms with van der Waals surface area (Å²) in [7, 11) is 3.25. The number of ether oxygens (including phenoxy) is 3. The van der Waals surface area contributed by atoms with E-state index < -0.39 is 0 Å². The zero-order valence-corrected chi connectivity index (χ0v) is 18.1. The minimum atomic E-state index is -0.176. The molecule has 1 aromatic heterocycles. The van der Waals surface area contributed by atoms with Crippen molar-refractivity contribution in [1.82, 2.24) is 20.1 Å². The normalized spacial score (nSPS) is 14.6. The lowest BCUT2D eigenvalue weighted by molar-refractivity contribution is -0.121. The van der Waals surface area contributed by atoms with Gasteiger partial charge in [-0.1, -0.05) is 11.6 Å². The number of aromatic nitrogens is 3. The molecule has 2 heterocycles. The lowest BCUT2D eigenvalue weighted by Gasteiger charge is -2.13. The van der Waals surface area contributed by atoms with Gasteiger partial charge in [-0.25, -0.2) is 4.98 Å². The molecule has 1 aliphatic heterocycles. The Kier molecular flexibility index (Phi) is 6.27. The number of carbonyl (C=O) groups is 1. The molecule has 8 nitrogen and oxygen atoms in total. The van der Waals surface area contributed by atoms with E-state index in [2.05, 4.69) is 15.4 Å². The lowest BCUT2D eigenvalue weighted by atomic mass is 9.99. The monoisotopic (exact) mass is 442 g/mol. The van der Waals surface area contributed by atoms with Crippen LogP contribution in [0.15, 0.2) is 43.0 Å². The highest BCUT2D eigenvalue weighted by molar-refractivity contribution is 6.32. The van der Waals surface area contributed by atoms with Gasteiger partial charge in [0.15, 0.2) is 0 Å². The quantitative estimate of drug-likeness (QED) is 0.576. The SMILES string of the molecule is COc1ccc(OC)c(-c2cc(Cl)c3c(c2)C[C@@H](CNC(=O)CCn2cncn2)O3)c1. The van der Waals surface area contributed by atoms with Gasteiger partial charge in [0.25, 0.3) is 0 Å². The maximum absolute atomic E-state index is 12.1. The summed E-state index contributed by atoms with van der Waals surface area (Å²) in [6.45, 7) is 0.883. The molecular formula is C22H23ClN4O4. The number of aryl methyl sites for hydroxylation is 1. The molecule has 0 unspecified atom stereocenters. The van der Waals surface area contributed by atoms with Gasteiger partial charge in [0.1, 0.15) is 36.0 Å². The number of fused-ring (bicyclic) bond motifs is 1. The second kappa shape index (κ2) is 9.26. The van der Waals surface area contributed by atoms with Crippen LogP contribution in [0, 0.1) is 0 Å². The van der Waals surface area contributed by atoms with E-state index in [0.717, 1.165) is 28.2 Å². The Bertz CT molecular complexity index is 1070. The molecule has 31 heavy (non-hydrogen) atoms. The summed E-state index contributed by atoms with van der Waals surface area (Å²) in [6, 6.07) is 9.53. The summed E-state index contributed by atoms with van der Waals surface area (Å²) in [5.41, 5.74) is 2.80. The van der Waals surface area contributed by atoms with Crippen LogP contribution in [0.25, 0.3) is 11.1 Å². The highest BCUT2D eigenvalue weighted by Crippen LogP contribution is 2.42. The maximum atomic E-state index is 12.1. The van der Waals surface area contributed by atoms with Crippen molar-refractivity contribution in [2.75, 3.05) is 20.8 Å². The summed E-state index contributed by atoms with van der Waals surface area (Å²) in [5, 5.41) is 7.43. The van der Waals surface area contributed by atoms with Gasteiger partial charge in [-0.15, -0.1) is 0 Å². The van der Waals surface area contributed by atoms with Gasteiger partial charge in [0, 0.05) is 24.0 Å². The number of methoxy groups -OCH3 is 2. The third kappa shape index (κ3) is 4.74. The van der Waals surface area contributed by atoms with Gasteiger partial charge >= 0.3 is 0 Å². The third-order valence-corrected chi connectivity index (χ3v) is 5.41. The van der Waals surface area contributed by atoms with Crippen molar-refractivity contribution in [2.24, 2.45) is 0 Å². The molecule has 0 spiro atoms. The molecule has 162 valence electrons. The second-order valence-electron chi connectivity index (χ2n) is 7.17. The van der Waals surface area contributed by atoms with Crippen molar-refractivity contribution >= 4 is 17.5 Å². The Hall–Kier alpha value is -3.26. The molecule has 0 radical (unpaired) electrons. The smallest absolute Gasteiger partial charge is 0.221 e. The molecule has 0 aliphatic carbocycles. The molecule has 4 rings (SSSR count). The molecule has 1 N–H and O–H groups in total. The number of nitrogens with one attached hydrogen (secondary N) is 1. The Morgan fingerprint density at radius 2 is 2.16 bits per heavy atom. The highest BCUT2D eigenvalue weighted by Gasteiger charge is 2.27. The number of nitrogens with zero attached hydrogens (tertiary/aromatic N) is 3. The zero-order chi connectivity index (χ0) is 21.8. The fraction of sp³-hybridized carbons (Fsp3) is 0.318. The van der Waals surface area contributed by atoms with E-state index in [0.29, 0.717) is 36.7 Å². The van der Waals surface area contributed by atoms with Gasteiger partial charge in [-0.05, 0) is 35.9 Å². The van der Waals surface area contributed by atoms with Crippen molar-refractivity contribution in [3.63, 3.8) is 0 Å². The number of hydrogen-bond donors (Lipinski definition) is 1. The molecule has 1 atom stereocenters. The van der Waals surface area contributed by atoms with Crippen LogP contribution in [0.3, 0.4) is 0 Å². The first kappa shape index (κ1) is 21.0. The molecule has 0 fully saturated rings. The van der Waals surface area contributed by atoms with E-state index in [1.165, 1.54) is 6.33 Å². The van der Waals surface area contributed by atoms with Crippen LogP contribution in [-0.4, -0.2) is 47.5 Å². The van der Waals surface area contributed by atoms with Crippen LogP contribution in [0.1, 0.15) is 12.0 Å². The topological polar surface area (TPSA) is 87.5 Å². The molecule has 1 aliphatic rings. The van der Waals surface area contributed by atoms with Crippen molar-refractivity contribution in [3.05, 3.63) is 53.6 Å². The predicted octanol–water partition coefficient (Wildman–Crippen LogP) is 3.13. The zero-order valence-electron chi connectivity index (χ0n) is 17.3. The summed E-state index contributed by atoms with van der Waals surface area (Å²) in [4.78, 5) is 16.0. The van der Waals surface area contributed by atoms with Crippen LogP contribution >= 0.6 is 11.6 Å². The van der Waals surface area contributed by atoms with Gasteiger partial charge in [-0.2, -0.15) is 5.10 Å². The largest absolute Gasteiger partial charge is 0.497 e. The van der Waals surface area contributed by atoms with Crippen molar-refractivity contribution in [2.45, 2.75) is 25.5 Å². The lowest BCUT2D eigenvalue weighted by Crippen LogP contribution is -2.34. The van der Waals surface area contributed by atoms with Crippen LogP contribution in [0.4, 0.5) is 0 Å². The van der Waals surface area contributed by atoms with Crippen molar-refractivity contribution < 1.29 is 19.0 Å². The van der Waals surface area contributed by atoms with Crippen LogP contribution in [0.5, 0.6) is 17.2 Å². The molecule has 9 heteroatoms. The maximum Gasteiger partial charge on any atom is 0.221 e. The van der Waals surface area contributed by atoms with Crippen molar-refractivity contribution in [3.8, 4) is 28.4 Å². The average molecular weight is 443 g/mol. The number of halogens is 1. The molecule has 0 saturated heterocycles. The van der Waals surface area contributed by atoms with Crippen LogP contribution in [-0.2, 0) is 17.8 Å². The van der Waals surface area contributed by atoms with Crippen LogP contribution in [0.2, 0.25) is 5.02 Å². The standard InChI is InChI=1S/C22H23ClN4O4/c1-29-16-3-4-20(30-2)18(10-16)14-7-15-8-17(31-22(15)19(23)9-14)11-25-21(28)5-6-27-13-24-12-26-27/h3-4,7,9-10,12-13,17H,5-6,8,11H2,1-2H3,(H,25,28)/t17-/m0/s1. The molecule has 0 bridgehead atoms. The Morgan fingerprint density at radius 1 is 1.29 bits per heavy atom. The Balaban J connectivity index is 1.42. The van der Waals surface area contributed by atoms with E-state index in [1.54, 1.807) is 25.2 Å². The summed E-state index contributed by atoms with van der Waals surface area (Å²) in [5.74, 6) is 2.05. The van der Waals surface area contributed by atoms with Crippen molar-refractivity contribution in [1.29, 1.82) is 0 Å². The van der Waals surface area contributed by atoms with E-state index in [4.69, 9.17) is 25.8 Å². The van der Waals surface area contributed by atoms with Crippen LogP contribution < -0.4 is 19.5 Å². The minimum absolute atomic E-state index is 0.0667. The molecule has 2 aromatic carbocycles. The number of carbonyl (C=O) groups excluding carboxylic acids is 1. The number of hydrogen-bond acceptors (Lipinski definition) is 6. The van der Waals surface area contributed by atoms with E-state index in [9.17, 15) is 4.79 Å². The first-order valence-electron chi connectivity index (χ1n) is 9.88. The first-order valence-corrected chi connectivity index (χ1v) is 10.3. The fourth-order valence-electron chi connectivity index (χ4n) is 3.58. The van der Waals surface area contributed by atoms with E-state index in [-0.39, 0.29) is 12.0 Å². The van der Waals surface area contributed by atoms with Gasteiger partial charge in [0.2, 0.25) is 5.91 Å². The Morgan fingerprint density at radius 3 is 2.90 bits per heavy atom. The molecule has 0 saturated carbocycles. The molecule has 1 amide bonds. The third-order valence-electron chi connectivity index (χ3n) is 5.13. The number of benzene rings is 2. The van der Waals surface area contributed by atoms with Gasteiger partial charge < -0.3 is 19.5 Å². The van der Waals surface area contributed by atoms with Gasteiger partial charge in [-0.3, -0.25) is 9.48 Å². The summed E-state index contributed by atoms with van der Waals surface area (Å²) >= 11 is 6.53. The summed E-state index contributed by atoms with van der Waals surface area (Å²) in [6.07, 6.45) is 3.83. The fourth-order valence-corrected chi connectivity index (χ4v) is 3.86. The molecular weight excluding hydrogens is 420 g/mol.